The van der Waals surface area contributed by atoms with Gasteiger partial charge in [-0.1, -0.05) is 27.7 Å². The molecule has 1 N–H and O–H groups in total. The Morgan fingerprint density at radius 3 is 2.42 bits per heavy atom. The normalized spacial score (nSPS) is 54.7. The third-order valence-corrected chi connectivity index (χ3v) is 10.4. The smallest absolute Gasteiger partial charge is 0.123 e. The van der Waals surface area contributed by atoms with Gasteiger partial charge in [-0.05, 0) is 105 Å². The highest BCUT2D eigenvalue weighted by molar-refractivity contribution is 5.53. The van der Waals surface area contributed by atoms with Gasteiger partial charge in [0.1, 0.15) is 6.29 Å². The molecule has 0 bridgehead atoms. The summed E-state index contributed by atoms with van der Waals surface area (Å²) >= 11 is 0. The molecule has 148 valence electrons. The summed E-state index contributed by atoms with van der Waals surface area (Å²) in [6.45, 7) is 9.42. The van der Waals surface area contributed by atoms with Gasteiger partial charge in [0.25, 0.3) is 0 Å². The Hall–Kier alpha value is -0.370. The number of hydrogen-bond acceptors (Lipinski definition) is 2. The average Bonchev–Trinajstić information content (AvgIpc) is 2.99. The highest BCUT2D eigenvalue weighted by atomic mass is 16.3. The Morgan fingerprint density at radius 2 is 1.73 bits per heavy atom. The van der Waals surface area contributed by atoms with E-state index in [1.165, 1.54) is 51.2 Å². The molecular weight excluding hydrogens is 320 g/mol. The lowest BCUT2D eigenvalue weighted by atomic mass is 9.43. The Kier molecular flexibility index (Phi) is 4.61. The van der Waals surface area contributed by atoms with Gasteiger partial charge in [0.2, 0.25) is 0 Å². The van der Waals surface area contributed by atoms with E-state index in [4.69, 9.17) is 0 Å². The Labute approximate surface area is 160 Å². The Bertz CT molecular complexity index is 558. The lowest BCUT2D eigenvalue weighted by Crippen LogP contribution is -2.56. The maximum Gasteiger partial charge on any atom is 0.123 e. The first kappa shape index (κ1) is 19.0. The van der Waals surface area contributed by atoms with Crippen LogP contribution in [0.5, 0.6) is 0 Å². The minimum atomic E-state index is -0.391. The molecule has 0 aromatic carbocycles. The van der Waals surface area contributed by atoms with Crippen LogP contribution in [0.2, 0.25) is 0 Å². The van der Waals surface area contributed by atoms with Crippen LogP contribution in [0.15, 0.2) is 0 Å². The molecule has 0 spiro atoms. The summed E-state index contributed by atoms with van der Waals surface area (Å²) < 4.78 is 0. The number of rotatable bonds is 3. The second kappa shape index (κ2) is 6.33. The van der Waals surface area contributed by atoms with Gasteiger partial charge >= 0.3 is 0 Å². The zero-order chi connectivity index (χ0) is 18.7. The van der Waals surface area contributed by atoms with Crippen molar-refractivity contribution in [2.45, 2.75) is 97.5 Å². The molecule has 0 aliphatic heterocycles. The van der Waals surface area contributed by atoms with E-state index in [0.29, 0.717) is 16.7 Å². The molecule has 9 atom stereocenters. The van der Waals surface area contributed by atoms with Crippen molar-refractivity contribution in [2.75, 3.05) is 0 Å². The standard InChI is InChI=1S/C24H40O2/c1-5-24(26)13-12-22(3)17(14-24)6-7-18-20-9-8-19(16(2)15-25)23(20,4)11-10-21(18)22/h15-21,26H,5-14H2,1-4H3/t16-,17+,18?,19-,20+,21+,22+,23-,24?/m1/s1. The van der Waals surface area contributed by atoms with Gasteiger partial charge in [0.05, 0.1) is 5.60 Å². The number of fused-ring (bicyclic) bond motifs is 5. The number of carbonyl (C=O) groups is 1. The number of hydrogen-bond donors (Lipinski definition) is 1. The number of aldehydes is 1. The van der Waals surface area contributed by atoms with Crippen LogP contribution in [0.25, 0.3) is 0 Å². The molecule has 0 aromatic heterocycles. The first-order valence-electron chi connectivity index (χ1n) is 11.4. The van der Waals surface area contributed by atoms with E-state index in [-0.39, 0.29) is 5.92 Å². The van der Waals surface area contributed by atoms with Crippen molar-refractivity contribution in [3.63, 3.8) is 0 Å². The quantitative estimate of drug-likeness (QED) is 0.663. The third kappa shape index (κ3) is 2.57. The van der Waals surface area contributed by atoms with E-state index in [1.54, 1.807) is 0 Å². The van der Waals surface area contributed by atoms with Gasteiger partial charge in [-0.15, -0.1) is 0 Å². The zero-order valence-corrected chi connectivity index (χ0v) is 17.5. The second-order valence-corrected chi connectivity index (χ2v) is 11.2. The maximum atomic E-state index is 11.5. The van der Waals surface area contributed by atoms with Crippen LogP contribution in [0, 0.1) is 46.3 Å². The van der Waals surface area contributed by atoms with Crippen LogP contribution >= 0.6 is 0 Å². The zero-order valence-electron chi connectivity index (χ0n) is 17.5. The van der Waals surface area contributed by atoms with Crippen LogP contribution in [-0.2, 0) is 4.79 Å². The van der Waals surface area contributed by atoms with Crippen molar-refractivity contribution in [2.24, 2.45) is 46.3 Å². The highest BCUT2D eigenvalue weighted by Crippen LogP contribution is 2.68. The summed E-state index contributed by atoms with van der Waals surface area (Å²) in [5.74, 6) is 4.10. The molecule has 0 radical (unpaired) electrons. The molecule has 0 heterocycles. The SMILES string of the molecule is CCC1(O)CC[C@@]2(C)[C@@H](CCC3[C@@H]2CC[C@]2(C)[C@@H]([C@H](C)C=O)CC[C@@H]32)C1. The maximum absolute atomic E-state index is 11.5. The largest absolute Gasteiger partial charge is 0.390 e. The summed E-state index contributed by atoms with van der Waals surface area (Å²) in [6, 6.07) is 0. The van der Waals surface area contributed by atoms with Crippen molar-refractivity contribution in [3.8, 4) is 0 Å². The highest BCUT2D eigenvalue weighted by Gasteiger charge is 2.61. The predicted octanol–water partition coefficient (Wildman–Crippen LogP) is 5.62. The second-order valence-electron chi connectivity index (χ2n) is 11.2. The molecule has 2 heteroatoms. The van der Waals surface area contributed by atoms with Gasteiger partial charge in [0, 0.05) is 5.92 Å². The molecule has 0 amide bonds. The van der Waals surface area contributed by atoms with Gasteiger partial charge in [-0.2, -0.15) is 0 Å². The fourth-order valence-electron chi connectivity index (χ4n) is 8.64. The monoisotopic (exact) mass is 360 g/mol. The summed E-state index contributed by atoms with van der Waals surface area (Å²) in [6.07, 6.45) is 13.4. The average molecular weight is 361 g/mol. The van der Waals surface area contributed by atoms with Crippen LogP contribution in [0.3, 0.4) is 0 Å². The molecule has 0 aromatic rings. The fourth-order valence-corrected chi connectivity index (χ4v) is 8.64. The predicted molar refractivity (Wildman–Crippen MR) is 106 cm³/mol. The molecule has 2 nitrogen and oxygen atoms in total. The molecule has 4 aliphatic rings. The number of aliphatic hydroxyl groups is 1. The molecular formula is C24H40O2. The molecule has 2 unspecified atom stereocenters. The van der Waals surface area contributed by atoms with Crippen LogP contribution in [0.1, 0.15) is 91.9 Å². The van der Waals surface area contributed by atoms with Crippen molar-refractivity contribution in [3.05, 3.63) is 0 Å². The molecule has 4 saturated carbocycles. The first-order chi connectivity index (χ1) is 12.3. The van der Waals surface area contributed by atoms with E-state index in [1.807, 2.05) is 0 Å². The molecule has 4 fully saturated rings. The van der Waals surface area contributed by atoms with E-state index < -0.39 is 5.60 Å². The fraction of sp³-hybridized carbons (Fsp3) is 0.958. The Morgan fingerprint density at radius 1 is 1.00 bits per heavy atom. The first-order valence-corrected chi connectivity index (χ1v) is 11.4. The number of carbonyl (C=O) groups excluding carboxylic acids is 1. The van der Waals surface area contributed by atoms with E-state index >= 15 is 0 Å². The van der Waals surface area contributed by atoms with E-state index in [2.05, 4.69) is 27.7 Å². The topological polar surface area (TPSA) is 37.3 Å². The van der Waals surface area contributed by atoms with Gasteiger partial charge in [-0.25, -0.2) is 0 Å². The van der Waals surface area contributed by atoms with Crippen LogP contribution in [0.4, 0.5) is 0 Å². The Balaban J connectivity index is 1.58. The lowest BCUT2D eigenvalue weighted by Gasteiger charge is -2.62. The molecule has 4 rings (SSSR count). The minimum absolute atomic E-state index is 0.225. The van der Waals surface area contributed by atoms with Crippen molar-refractivity contribution in [1.29, 1.82) is 0 Å². The van der Waals surface area contributed by atoms with E-state index in [9.17, 15) is 9.90 Å². The van der Waals surface area contributed by atoms with Crippen LogP contribution < -0.4 is 0 Å². The summed E-state index contributed by atoms with van der Waals surface area (Å²) in [4.78, 5) is 11.5. The third-order valence-electron chi connectivity index (χ3n) is 10.4. The summed E-state index contributed by atoms with van der Waals surface area (Å²) in [7, 11) is 0. The van der Waals surface area contributed by atoms with Crippen molar-refractivity contribution < 1.29 is 9.90 Å². The van der Waals surface area contributed by atoms with Gasteiger partial charge < -0.3 is 9.90 Å². The lowest BCUT2D eigenvalue weighted by molar-refractivity contribution is -0.153. The molecule has 4 aliphatic carbocycles. The van der Waals surface area contributed by atoms with E-state index in [0.717, 1.165) is 42.9 Å². The van der Waals surface area contributed by atoms with Crippen LogP contribution in [-0.4, -0.2) is 17.0 Å². The van der Waals surface area contributed by atoms with Crippen molar-refractivity contribution in [1.82, 2.24) is 0 Å². The van der Waals surface area contributed by atoms with Gasteiger partial charge in [-0.3, -0.25) is 0 Å². The van der Waals surface area contributed by atoms with Crippen molar-refractivity contribution >= 4 is 6.29 Å². The molecule has 26 heavy (non-hydrogen) atoms. The summed E-state index contributed by atoms with van der Waals surface area (Å²) in [5, 5.41) is 10.9. The van der Waals surface area contributed by atoms with Gasteiger partial charge in [0.15, 0.2) is 0 Å². The summed E-state index contributed by atoms with van der Waals surface area (Å²) in [5.41, 5.74) is 0.446. The minimum Gasteiger partial charge on any atom is -0.390 e. The molecule has 0 saturated heterocycles.